The lowest BCUT2D eigenvalue weighted by Crippen LogP contribution is -2.46. The highest BCUT2D eigenvalue weighted by Crippen LogP contribution is 2.30. The number of anilines is 4. The van der Waals surface area contributed by atoms with E-state index in [4.69, 9.17) is 21.1 Å². The number of nitrogens with zero attached hydrogens (tertiary/aromatic N) is 2. The predicted molar refractivity (Wildman–Crippen MR) is 149 cm³/mol. The minimum atomic E-state index is -0.435. The number of piperazine rings is 1. The molecular formula is C28H31ClN4O4. The van der Waals surface area contributed by atoms with Crippen LogP contribution in [0, 0.1) is 0 Å². The lowest BCUT2D eigenvalue weighted by Gasteiger charge is -2.38. The van der Waals surface area contributed by atoms with Gasteiger partial charge in [-0.15, -0.1) is 0 Å². The molecule has 1 fully saturated rings. The molecule has 0 radical (unpaired) electrons. The van der Waals surface area contributed by atoms with Crippen molar-refractivity contribution in [2.24, 2.45) is 0 Å². The van der Waals surface area contributed by atoms with E-state index in [2.05, 4.69) is 20.4 Å². The molecule has 1 aliphatic heterocycles. The first kappa shape index (κ1) is 26.2. The van der Waals surface area contributed by atoms with Gasteiger partial charge in [0.2, 0.25) is 0 Å². The molecule has 194 valence electrons. The van der Waals surface area contributed by atoms with Crippen molar-refractivity contribution < 1.29 is 19.1 Å². The van der Waals surface area contributed by atoms with E-state index in [-0.39, 0.29) is 6.61 Å². The number of carbonyl (C=O) groups excluding carboxylic acids is 2. The van der Waals surface area contributed by atoms with Crippen LogP contribution in [-0.2, 0) is 4.74 Å². The van der Waals surface area contributed by atoms with Crippen LogP contribution in [0.15, 0.2) is 66.7 Å². The van der Waals surface area contributed by atoms with E-state index in [0.29, 0.717) is 28.6 Å². The van der Waals surface area contributed by atoms with Crippen LogP contribution in [0.5, 0.6) is 5.75 Å². The third-order valence-electron chi connectivity index (χ3n) is 5.97. The maximum absolute atomic E-state index is 12.9. The quantitative estimate of drug-likeness (QED) is 0.359. The lowest BCUT2D eigenvalue weighted by atomic mass is 10.1. The maximum atomic E-state index is 12.9. The standard InChI is InChI=1S/C28H31ClN4O4/c1-3-36-24-11-9-22(10-12-24)30-28(35)31-25-18-20(27(34)37-4-2)8-13-26(25)33-16-14-32(15-17-33)23-7-5-6-21(29)19-23/h5-13,18-19H,3-4,14-17H2,1-2H3,(H2,30,31,35). The van der Waals surface area contributed by atoms with E-state index < -0.39 is 12.0 Å². The topological polar surface area (TPSA) is 83.1 Å². The van der Waals surface area contributed by atoms with Gasteiger partial charge >= 0.3 is 12.0 Å². The molecule has 1 saturated heterocycles. The number of hydrogen-bond acceptors (Lipinski definition) is 6. The van der Waals surface area contributed by atoms with Crippen LogP contribution in [-0.4, -0.2) is 51.4 Å². The second-order valence-electron chi connectivity index (χ2n) is 8.44. The largest absolute Gasteiger partial charge is 0.494 e. The normalized spacial score (nSPS) is 13.2. The Morgan fingerprint density at radius 3 is 2.27 bits per heavy atom. The number of halogens is 1. The van der Waals surface area contributed by atoms with E-state index in [0.717, 1.165) is 43.3 Å². The molecule has 9 heteroatoms. The molecule has 0 atom stereocenters. The van der Waals surface area contributed by atoms with Crippen molar-refractivity contribution in [1.82, 2.24) is 0 Å². The third kappa shape index (κ3) is 6.86. The van der Waals surface area contributed by atoms with Crippen molar-refractivity contribution in [3.05, 3.63) is 77.3 Å². The molecule has 0 unspecified atom stereocenters. The van der Waals surface area contributed by atoms with E-state index in [1.54, 1.807) is 43.3 Å². The van der Waals surface area contributed by atoms with Gasteiger partial charge in [-0.3, -0.25) is 0 Å². The number of esters is 1. The SMILES string of the molecule is CCOC(=O)c1ccc(N2CCN(c3cccc(Cl)c3)CC2)c(NC(=O)Nc2ccc(OCC)cc2)c1. The summed E-state index contributed by atoms with van der Waals surface area (Å²) < 4.78 is 10.6. The van der Waals surface area contributed by atoms with Crippen LogP contribution in [0.2, 0.25) is 5.02 Å². The van der Waals surface area contributed by atoms with Crippen molar-refractivity contribution in [2.45, 2.75) is 13.8 Å². The Kier molecular flexibility index (Phi) is 8.74. The van der Waals surface area contributed by atoms with Gasteiger partial charge in [-0.1, -0.05) is 17.7 Å². The molecule has 0 bridgehead atoms. The average Bonchev–Trinajstić information content (AvgIpc) is 2.90. The number of nitrogens with one attached hydrogen (secondary N) is 2. The van der Waals surface area contributed by atoms with Gasteiger partial charge in [-0.25, -0.2) is 9.59 Å². The van der Waals surface area contributed by atoms with Gasteiger partial charge in [0.25, 0.3) is 0 Å². The molecule has 1 heterocycles. The predicted octanol–water partition coefficient (Wildman–Crippen LogP) is 5.89. The highest BCUT2D eigenvalue weighted by Gasteiger charge is 2.22. The molecule has 1 aliphatic rings. The fraction of sp³-hybridized carbons (Fsp3) is 0.286. The van der Waals surface area contributed by atoms with Crippen LogP contribution in [0.1, 0.15) is 24.2 Å². The Balaban J connectivity index is 1.50. The van der Waals surface area contributed by atoms with Gasteiger partial charge in [0.05, 0.1) is 30.2 Å². The van der Waals surface area contributed by atoms with E-state index in [1.807, 2.05) is 37.3 Å². The smallest absolute Gasteiger partial charge is 0.338 e. The first-order valence-corrected chi connectivity index (χ1v) is 12.7. The van der Waals surface area contributed by atoms with E-state index in [9.17, 15) is 9.59 Å². The molecule has 8 nitrogen and oxygen atoms in total. The molecular weight excluding hydrogens is 492 g/mol. The molecule has 0 aliphatic carbocycles. The fourth-order valence-corrected chi connectivity index (χ4v) is 4.40. The number of amides is 2. The summed E-state index contributed by atoms with van der Waals surface area (Å²) in [5.74, 6) is 0.296. The van der Waals surface area contributed by atoms with E-state index in [1.165, 1.54) is 0 Å². The number of benzene rings is 3. The number of ether oxygens (including phenoxy) is 2. The zero-order valence-electron chi connectivity index (χ0n) is 21.0. The molecule has 0 spiro atoms. The van der Waals surface area contributed by atoms with Crippen LogP contribution in [0.3, 0.4) is 0 Å². The van der Waals surface area contributed by atoms with Gasteiger partial charge in [-0.05, 0) is 74.5 Å². The Morgan fingerprint density at radius 2 is 1.59 bits per heavy atom. The van der Waals surface area contributed by atoms with Crippen LogP contribution in [0.4, 0.5) is 27.5 Å². The molecule has 2 N–H and O–H groups in total. The molecule has 0 aromatic heterocycles. The average molecular weight is 523 g/mol. The first-order valence-electron chi connectivity index (χ1n) is 12.3. The number of carbonyl (C=O) groups is 2. The molecule has 3 aromatic rings. The van der Waals surface area contributed by atoms with Gasteiger partial charge in [0.1, 0.15) is 5.75 Å². The summed E-state index contributed by atoms with van der Waals surface area (Å²) >= 11 is 6.17. The Hall–Kier alpha value is -3.91. The first-order chi connectivity index (χ1) is 18.0. The zero-order chi connectivity index (χ0) is 26.2. The summed E-state index contributed by atoms with van der Waals surface area (Å²) in [7, 11) is 0. The number of urea groups is 1. The summed E-state index contributed by atoms with van der Waals surface area (Å²) in [6.07, 6.45) is 0. The monoisotopic (exact) mass is 522 g/mol. The summed E-state index contributed by atoms with van der Waals surface area (Å²) in [6.45, 7) is 7.57. The second kappa shape index (κ2) is 12.4. The van der Waals surface area contributed by atoms with Gasteiger partial charge in [0.15, 0.2) is 0 Å². The third-order valence-corrected chi connectivity index (χ3v) is 6.21. The van der Waals surface area contributed by atoms with E-state index >= 15 is 0 Å². The van der Waals surface area contributed by atoms with Crippen molar-refractivity contribution in [3.8, 4) is 5.75 Å². The fourth-order valence-electron chi connectivity index (χ4n) is 4.22. The number of rotatable bonds is 8. The summed E-state index contributed by atoms with van der Waals surface area (Å²) in [6, 6.07) is 19.8. The molecule has 0 saturated carbocycles. The molecule has 37 heavy (non-hydrogen) atoms. The molecule has 3 aromatic carbocycles. The van der Waals surface area contributed by atoms with Gasteiger partial charge < -0.3 is 29.9 Å². The Morgan fingerprint density at radius 1 is 0.865 bits per heavy atom. The van der Waals surface area contributed by atoms with Crippen molar-refractivity contribution >= 4 is 46.4 Å². The summed E-state index contributed by atoms with van der Waals surface area (Å²) in [4.78, 5) is 29.8. The lowest BCUT2D eigenvalue weighted by molar-refractivity contribution is 0.0526. The summed E-state index contributed by atoms with van der Waals surface area (Å²) in [5.41, 5.74) is 3.45. The van der Waals surface area contributed by atoms with Crippen molar-refractivity contribution in [3.63, 3.8) is 0 Å². The Labute approximate surface area is 222 Å². The van der Waals surface area contributed by atoms with Crippen molar-refractivity contribution in [1.29, 1.82) is 0 Å². The van der Waals surface area contributed by atoms with Crippen LogP contribution >= 0.6 is 11.6 Å². The molecule has 4 rings (SSSR count). The van der Waals surface area contributed by atoms with Crippen LogP contribution in [0.25, 0.3) is 0 Å². The highest BCUT2D eigenvalue weighted by atomic mass is 35.5. The number of hydrogen-bond donors (Lipinski definition) is 2. The van der Waals surface area contributed by atoms with Gasteiger partial charge in [-0.2, -0.15) is 0 Å². The highest BCUT2D eigenvalue weighted by molar-refractivity contribution is 6.30. The molecule has 2 amide bonds. The zero-order valence-corrected chi connectivity index (χ0v) is 21.8. The minimum absolute atomic E-state index is 0.271. The second-order valence-corrected chi connectivity index (χ2v) is 8.88. The van der Waals surface area contributed by atoms with Gasteiger partial charge in [0, 0.05) is 42.6 Å². The maximum Gasteiger partial charge on any atom is 0.338 e. The van der Waals surface area contributed by atoms with Crippen molar-refractivity contribution in [2.75, 3.05) is 59.8 Å². The minimum Gasteiger partial charge on any atom is -0.494 e. The summed E-state index contributed by atoms with van der Waals surface area (Å²) in [5, 5.41) is 6.47. The van der Waals surface area contributed by atoms with Crippen LogP contribution < -0.4 is 25.2 Å². The Bertz CT molecular complexity index is 1230.